The molecule has 0 aliphatic carbocycles. The minimum absolute atomic E-state index is 0.679. The van der Waals surface area contributed by atoms with Crippen molar-refractivity contribution < 1.29 is 4.74 Å². The smallest absolute Gasteiger partial charge is 0.0753 e. The third-order valence-electron chi connectivity index (χ3n) is 2.66. The molecule has 4 nitrogen and oxygen atoms in total. The summed E-state index contributed by atoms with van der Waals surface area (Å²) in [4.78, 5) is 0. The van der Waals surface area contributed by atoms with E-state index in [0.29, 0.717) is 13.2 Å². The van der Waals surface area contributed by atoms with Gasteiger partial charge in [0.2, 0.25) is 0 Å². The van der Waals surface area contributed by atoms with E-state index in [9.17, 15) is 0 Å². The van der Waals surface area contributed by atoms with Crippen LogP contribution in [0.5, 0.6) is 0 Å². The summed E-state index contributed by atoms with van der Waals surface area (Å²) in [5.74, 6) is 0. The average molecular weight is 195 g/mol. The molecule has 1 aliphatic rings. The predicted octanol–water partition coefficient (Wildman–Crippen LogP) is 0.477. The van der Waals surface area contributed by atoms with Crippen molar-refractivity contribution in [3.05, 3.63) is 17.0 Å². The zero-order valence-corrected chi connectivity index (χ0v) is 8.62. The predicted molar refractivity (Wildman–Crippen MR) is 54.0 cm³/mol. The van der Waals surface area contributed by atoms with Crippen molar-refractivity contribution in [2.45, 2.75) is 32.9 Å². The number of ether oxygens (including phenoxy) is 1. The van der Waals surface area contributed by atoms with Gasteiger partial charge in [-0.3, -0.25) is 4.68 Å². The first kappa shape index (κ1) is 9.68. The SMILES string of the molecule is CCn1nc2c(c1CCN)COCC2. The maximum atomic E-state index is 5.59. The first-order valence-corrected chi connectivity index (χ1v) is 5.22. The molecule has 1 aliphatic heterocycles. The lowest BCUT2D eigenvalue weighted by Crippen LogP contribution is -2.13. The second-order valence-corrected chi connectivity index (χ2v) is 3.53. The molecule has 0 amide bonds. The second kappa shape index (κ2) is 4.11. The van der Waals surface area contributed by atoms with Crippen LogP contribution in [0.1, 0.15) is 23.9 Å². The fraction of sp³-hybridized carbons (Fsp3) is 0.700. The van der Waals surface area contributed by atoms with Gasteiger partial charge in [0.05, 0.1) is 18.9 Å². The summed E-state index contributed by atoms with van der Waals surface area (Å²) < 4.78 is 7.51. The molecule has 0 unspecified atom stereocenters. The van der Waals surface area contributed by atoms with Crippen molar-refractivity contribution in [1.29, 1.82) is 0 Å². The van der Waals surface area contributed by atoms with Crippen molar-refractivity contribution >= 4 is 0 Å². The van der Waals surface area contributed by atoms with Gasteiger partial charge in [0.1, 0.15) is 0 Å². The van der Waals surface area contributed by atoms with E-state index < -0.39 is 0 Å². The van der Waals surface area contributed by atoms with Crippen LogP contribution < -0.4 is 5.73 Å². The van der Waals surface area contributed by atoms with E-state index in [1.165, 1.54) is 17.0 Å². The first-order valence-electron chi connectivity index (χ1n) is 5.22. The third kappa shape index (κ3) is 1.55. The minimum atomic E-state index is 0.679. The van der Waals surface area contributed by atoms with Gasteiger partial charge in [-0.25, -0.2) is 0 Å². The Balaban J connectivity index is 2.37. The van der Waals surface area contributed by atoms with Crippen LogP contribution in [0.25, 0.3) is 0 Å². The number of aryl methyl sites for hydroxylation is 1. The molecule has 0 aromatic carbocycles. The Labute approximate surface area is 84.0 Å². The quantitative estimate of drug-likeness (QED) is 0.763. The largest absolute Gasteiger partial charge is 0.376 e. The number of fused-ring (bicyclic) bond motifs is 1. The molecule has 0 fully saturated rings. The van der Waals surface area contributed by atoms with Gasteiger partial charge < -0.3 is 10.5 Å². The molecule has 4 heteroatoms. The van der Waals surface area contributed by atoms with Crippen molar-refractivity contribution in [2.75, 3.05) is 13.2 Å². The summed E-state index contributed by atoms with van der Waals surface area (Å²) in [5, 5.41) is 4.57. The molecule has 78 valence electrons. The van der Waals surface area contributed by atoms with Gasteiger partial charge in [0, 0.05) is 30.6 Å². The molecule has 2 N–H and O–H groups in total. The molecule has 0 atom stereocenters. The summed E-state index contributed by atoms with van der Waals surface area (Å²) >= 11 is 0. The van der Waals surface area contributed by atoms with Crippen molar-refractivity contribution in [1.82, 2.24) is 9.78 Å². The second-order valence-electron chi connectivity index (χ2n) is 3.53. The van der Waals surface area contributed by atoms with E-state index in [1.807, 2.05) is 0 Å². The average Bonchev–Trinajstić information content (AvgIpc) is 2.58. The van der Waals surface area contributed by atoms with Gasteiger partial charge in [0.15, 0.2) is 0 Å². The van der Waals surface area contributed by atoms with Crippen LogP contribution >= 0.6 is 0 Å². The highest BCUT2D eigenvalue weighted by atomic mass is 16.5. The van der Waals surface area contributed by atoms with Crippen LogP contribution in [0.4, 0.5) is 0 Å². The zero-order chi connectivity index (χ0) is 9.97. The fourth-order valence-electron chi connectivity index (χ4n) is 1.98. The lowest BCUT2D eigenvalue weighted by molar-refractivity contribution is 0.109. The van der Waals surface area contributed by atoms with Gasteiger partial charge in [0.25, 0.3) is 0 Å². The van der Waals surface area contributed by atoms with E-state index >= 15 is 0 Å². The summed E-state index contributed by atoms with van der Waals surface area (Å²) in [6, 6.07) is 0. The topological polar surface area (TPSA) is 53.1 Å². The molecule has 0 saturated carbocycles. The molecule has 0 bridgehead atoms. The van der Waals surface area contributed by atoms with Gasteiger partial charge in [-0.05, 0) is 13.5 Å². The Bertz CT molecular complexity index is 319. The number of rotatable bonds is 3. The summed E-state index contributed by atoms with van der Waals surface area (Å²) in [7, 11) is 0. The number of nitrogens with two attached hydrogens (primary N) is 1. The molecule has 0 radical (unpaired) electrons. The Kier molecular flexibility index (Phi) is 2.84. The third-order valence-corrected chi connectivity index (χ3v) is 2.66. The maximum absolute atomic E-state index is 5.59. The molecule has 2 rings (SSSR count). The molecular formula is C10H17N3O. The standard InChI is InChI=1S/C10H17N3O/c1-2-13-10(3-5-11)8-7-14-6-4-9(8)12-13/h2-7,11H2,1H3. The van der Waals surface area contributed by atoms with Crippen LogP contribution in [-0.2, 0) is 30.7 Å². The van der Waals surface area contributed by atoms with E-state index in [1.54, 1.807) is 0 Å². The molecule has 2 heterocycles. The van der Waals surface area contributed by atoms with E-state index in [-0.39, 0.29) is 0 Å². The Morgan fingerprint density at radius 3 is 3.14 bits per heavy atom. The number of hydrogen-bond acceptors (Lipinski definition) is 3. The van der Waals surface area contributed by atoms with Gasteiger partial charge in [-0.15, -0.1) is 0 Å². The number of aromatic nitrogens is 2. The lowest BCUT2D eigenvalue weighted by atomic mass is 10.1. The molecular weight excluding hydrogens is 178 g/mol. The van der Waals surface area contributed by atoms with E-state index in [2.05, 4.69) is 16.7 Å². The highest BCUT2D eigenvalue weighted by molar-refractivity contribution is 5.27. The molecule has 1 aromatic heterocycles. The zero-order valence-electron chi connectivity index (χ0n) is 8.62. The normalized spacial score (nSPS) is 15.6. The van der Waals surface area contributed by atoms with Crippen molar-refractivity contribution in [3.63, 3.8) is 0 Å². The Hall–Kier alpha value is -0.870. The van der Waals surface area contributed by atoms with Gasteiger partial charge in [-0.1, -0.05) is 0 Å². The molecule has 14 heavy (non-hydrogen) atoms. The van der Waals surface area contributed by atoms with Crippen LogP contribution in [0.15, 0.2) is 0 Å². The monoisotopic (exact) mass is 195 g/mol. The molecule has 0 spiro atoms. The first-order chi connectivity index (χ1) is 6.86. The van der Waals surface area contributed by atoms with Crippen LogP contribution in [0.2, 0.25) is 0 Å². The van der Waals surface area contributed by atoms with Gasteiger partial charge >= 0.3 is 0 Å². The van der Waals surface area contributed by atoms with Crippen molar-refractivity contribution in [2.24, 2.45) is 5.73 Å². The summed E-state index contributed by atoms with van der Waals surface area (Å²) in [5.41, 5.74) is 9.35. The van der Waals surface area contributed by atoms with E-state index in [0.717, 1.165) is 26.0 Å². The minimum Gasteiger partial charge on any atom is -0.376 e. The molecule has 1 aromatic rings. The molecule has 0 saturated heterocycles. The maximum Gasteiger partial charge on any atom is 0.0753 e. The number of nitrogens with zero attached hydrogens (tertiary/aromatic N) is 2. The summed E-state index contributed by atoms with van der Waals surface area (Å²) in [6.07, 6.45) is 1.85. The van der Waals surface area contributed by atoms with Crippen molar-refractivity contribution in [3.8, 4) is 0 Å². The fourth-order valence-corrected chi connectivity index (χ4v) is 1.98. The lowest BCUT2D eigenvalue weighted by Gasteiger charge is -2.12. The van der Waals surface area contributed by atoms with Crippen LogP contribution in [0.3, 0.4) is 0 Å². The Morgan fingerprint density at radius 2 is 2.43 bits per heavy atom. The highest BCUT2D eigenvalue weighted by Crippen LogP contribution is 2.20. The Morgan fingerprint density at radius 1 is 1.57 bits per heavy atom. The summed E-state index contributed by atoms with van der Waals surface area (Å²) in [6.45, 7) is 5.22. The van der Waals surface area contributed by atoms with E-state index in [4.69, 9.17) is 10.5 Å². The number of hydrogen-bond donors (Lipinski definition) is 1. The highest BCUT2D eigenvalue weighted by Gasteiger charge is 2.19. The van der Waals surface area contributed by atoms with Crippen LogP contribution in [-0.4, -0.2) is 22.9 Å². The van der Waals surface area contributed by atoms with Crippen LogP contribution in [0, 0.1) is 0 Å². The van der Waals surface area contributed by atoms with Gasteiger partial charge in [-0.2, -0.15) is 5.10 Å².